The first-order valence-corrected chi connectivity index (χ1v) is 15.7. The zero-order valence-corrected chi connectivity index (χ0v) is 25.1. The number of nitrogens with zero attached hydrogens (tertiary/aromatic N) is 1. The second kappa shape index (κ2) is 10.8. The Morgan fingerprint density at radius 2 is 0.826 bits per heavy atom. The maximum Gasteiger partial charge on any atom is 0.135 e. The highest BCUT2D eigenvalue weighted by atomic mass is 16.3. The average molecular weight is 588 g/mol. The molecule has 9 rings (SSSR count). The molecule has 0 aliphatic heterocycles. The van der Waals surface area contributed by atoms with Crippen molar-refractivity contribution in [1.82, 2.24) is 0 Å². The predicted molar refractivity (Wildman–Crippen MR) is 194 cm³/mol. The maximum absolute atomic E-state index is 6.13. The Labute approximate surface area is 267 Å². The lowest BCUT2D eigenvalue weighted by Crippen LogP contribution is -2.09. The third-order valence-electron chi connectivity index (χ3n) is 9.02. The van der Waals surface area contributed by atoms with Gasteiger partial charge in [-0.25, -0.2) is 0 Å². The zero-order valence-electron chi connectivity index (χ0n) is 25.1. The number of fused-ring (bicyclic) bond motifs is 5. The minimum Gasteiger partial charge on any atom is -0.456 e. The topological polar surface area (TPSA) is 16.4 Å². The lowest BCUT2D eigenvalue weighted by molar-refractivity contribution is 0.669. The summed E-state index contributed by atoms with van der Waals surface area (Å²) in [6.07, 6.45) is 0. The van der Waals surface area contributed by atoms with E-state index in [1.54, 1.807) is 0 Å². The van der Waals surface area contributed by atoms with E-state index in [0.717, 1.165) is 39.0 Å². The van der Waals surface area contributed by atoms with Crippen molar-refractivity contribution >= 4 is 60.5 Å². The molecule has 0 atom stereocenters. The van der Waals surface area contributed by atoms with E-state index in [9.17, 15) is 0 Å². The molecule has 0 aliphatic rings. The molecule has 46 heavy (non-hydrogen) atoms. The summed E-state index contributed by atoms with van der Waals surface area (Å²) in [6, 6.07) is 62.9. The lowest BCUT2D eigenvalue weighted by atomic mass is 9.97. The van der Waals surface area contributed by atoms with Gasteiger partial charge in [0.15, 0.2) is 0 Å². The summed E-state index contributed by atoms with van der Waals surface area (Å²) in [4.78, 5) is 2.32. The van der Waals surface area contributed by atoms with Crippen molar-refractivity contribution in [2.75, 3.05) is 4.90 Å². The van der Waals surface area contributed by atoms with Crippen molar-refractivity contribution in [3.05, 3.63) is 176 Å². The van der Waals surface area contributed by atoms with Crippen LogP contribution in [0.5, 0.6) is 0 Å². The van der Waals surface area contributed by atoms with Gasteiger partial charge in [-0.2, -0.15) is 0 Å². The Kier molecular flexibility index (Phi) is 6.17. The van der Waals surface area contributed by atoms with Crippen LogP contribution in [0.1, 0.15) is 0 Å². The highest BCUT2D eigenvalue weighted by Gasteiger charge is 2.16. The molecule has 0 amide bonds. The van der Waals surface area contributed by atoms with E-state index in [1.165, 1.54) is 43.8 Å². The van der Waals surface area contributed by atoms with Gasteiger partial charge in [0.05, 0.1) is 0 Å². The van der Waals surface area contributed by atoms with Crippen molar-refractivity contribution in [2.24, 2.45) is 0 Å². The molecule has 0 fully saturated rings. The van der Waals surface area contributed by atoms with Gasteiger partial charge in [-0.15, -0.1) is 0 Å². The van der Waals surface area contributed by atoms with Gasteiger partial charge in [-0.3, -0.25) is 0 Å². The molecule has 1 aromatic heterocycles. The summed E-state index contributed by atoms with van der Waals surface area (Å²) in [5, 5.41) is 7.19. The monoisotopic (exact) mass is 587 g/mol. The van der Waals surface area contributed by atoms with Crippen LogP contribution in [-0.4, -0.2) is 0 Å². The van der Waals surface area contributed by atoms with Crippen molar-refractivity contribution in [1.29, 1.82) is 0 Å². The van der Waals surface area contributed by atoms with Crippen LogP contribution in [-0.2, 0) is 0 Å². The van der Waals surface area contributed by atoms with Gasteiger partial charge < -0.3 is 9.32 Å². The summed E-state index contributed by atoms with van der Waals surface area (Å²) >= 11 is 0. The smallest absolute Gasteiger partial charge is 0.135 e. The molecule has 0 radical (unpaired) electrons. The van der Waals surface area contributed by atoms with Gasteiger partial charge in [0.25, 0.3) is 0 Å². The Morgan fingerprint density at radius 3 is 1.61 bits per heavy atom. The van der Waals surface area contributed by atoms with E-state index in [2.05, 4.69) is 169 Å². The summed E-state index contributed by atoms with van der Waals surface area (Å²) < 4.78 is 6.13. The van der Waals surface area contributed by atoms with Gasteiger partial charge in [-0.1, -0.05) is 115 Å². The number of hydrogen-bond donors (Lipinski definition) is 0. The van der Waals surface area contributed by atoms with Crippen molar-refractivity contribution in [3.8, 4) is 22.3 Å². The first-order valence-electron chi connectivity index (χ1n) is 15.7. The number of hydrogen-bond acceptors (Lipinski definition) is 2. The van der Waals surface area contributed by atoms with Crippen molar-refractivity contribution in [2.45, 2.75) is 0 Å². The van der Waals surface area contributed by atoms with Gasteiger partial charge in [0.2, 0.25) is 0 Å². The highest BCUT2D eigenvalue weighted by molar-refractivity contribution is 6.06. The van der Waals surface area contributed by atoms with Crippen LogP contribution in [0.3, 0.4) is 0 Å². The number of rotatable bonds is 5. The predicted octanol–water partition coefficient (Wildman–Crippen LogP) is 12.7. The van der Waals surface area contributed by atoms with E-state index in [4.69, 9.17) is 4.42 Å². The number of benzene rings is 8. The molecule has 0 aliphatic carbocycles. The lowest BCUT2D eigenvalue weighted by Gasteiger charge is -2.26. The molecule has 9 aromatic rings. The van der Waals surface area contributed by atoms with Crippen LogP contribution < -0.4 is 4.90 Å². The third kappa shape index (κ3) is 4.60. The van der Waals surface area contributed by atoms with E-state index < -0.39 is 0 Å². The number of anilines is 3. The quantitative estimate of drug-likeness (QED) is 0.199. The summed E-state index contributed by atoms with van der Waals surface area (Å²) in [6.45, 7) is 0. The third-order valence-corrected chi connectivity index (χ3v) is 9.02. The molecule has 0 spiro atoms. The van der Waals surface area contributed by atoms with E-state index in [0.29, 0.717) is 0 Å². The molecule has 0 N–H and O–H groups in total. The molecule has 0 bridgehead atoms. The fraction of sp³-hybridized carbons (Fsp3) is 0. The molecule has 8 aromatic carbocycles. The Bertz CT molecular complexity index is 2530. The van der Waals surface area contributed by atoms with E-state index >= 15 is 0 Å². The van der Waals surface area contributed by atoms with Crippen molar-refractivity contribution in [3.63, 3.8) is 0 Å². The minimum absolute atomic E-state index is 0.897. The van der Waals surface area contributed by atoms with Gasteiger partial charge in [-0.05, 0) is 104 Å². The molecule has 1 heterocycles. The maximum atomic E-state index is 6.13. The van der Waals surface area contributed by atoms with E-state index in [-0.39, 0.29) is 0 Å². The fourth-order valence-corrected chi connectivity index (χ4v) is 6.65. The molecule has 2 nitrogen and oxygen atoms in total. The van der Waals surface area contributed by atoms with Crippen LogP contribution in [0.25, 0.3) is 65.7 Å². The number of furan rings is 1. The van der Waals surface area contributed by atoms with Crippen LogP contribution in [0.2, 0.25) is 0 Å². The standard InChI is InChI=1S/C44H29NO/c1-2-10-38(11-3-1)45(40-24-25-44-42(29-40)41-12-6-7-13-43(41)46-44)39-23-22-36-27-35(20-21-37(36)28-39)32-16-14-31(15-17-32)34-19-18-30-8-4-5-9-33(30)26-34/h1-29H. The van der Waals surface area contributed by atoms with Gasteiger partial charge in [0, 0.05) is 27.8 Å². The zero-order chi connectivity index (χ0) is 30.5. The second-order valence-corrected chi connectivity index (χ2v) is 11.8. The molecule has 0 saturated carbocycles. The van der Waals surface area contributed by atoms with Crippen LogP contribution in [0.15, 0.2) is 180 Å². The first-order chi connectivity index (χ1) is 22.8. The van der Waals surface area contributed by atoms with Gasteiger partial charge in [0.1, 0.15) is 11.2 Å². The number of para-hydroxylation sites is 2. The SMILES string of the molecule is c1ccc(N(c2ccc3cc(-c4ccc(-c5ccc6ccccc6c5)cc4)ccc3c2)c2ccc3oc4ccccc4c3c2)cc1. The second-order valence-electron chi connectivity index (χ2n) is 11.8. The average Bonchev–Trinajstić information content (AvgIpc) is 3.50. The fourth-order valence-electron chi connectivity index (χ4n) is 6.65. The Balaban J connectivity index is 1.07. The minimum atomic E-state index is 0.897. The van der Waals surface area contributed by atoms with Crippen LogP contribution >= 0.6 is 0 Å². The van der Waals surface area contributed by atoms with E-state index in [1.807, 2.05) is 12.1 Å². The van der Waals surface area contributed by atoms with Crippen LogP contribution in [0.4, 0.5) is 17.1 Å². The highest BCUT2D eigenvalue weighted by Crippen LogP contribution is 2.40. The van der Waals surface area contributed by atoms with Crippen molar-refractivity contribution < 1.29 is 4.42 Å². The summed E-state index contributed by atoms with van der Waals surface area (Å²) in [7, 11) is 0. The molecular formula is C44H29NO. The molecule has 216 valence electrons. The first kappa shape index (κ1) is 26.3. The summed E-state index contributed by atoms with van der Waals surface area (Å²) in [5.74, 6) is 0. The Hall–Kier alpha value is -6.12. The molecular weight excluding hydrogens is 558 g/mol. The summed E-state index contributed by atoms with van der Waals surface area (Å²) in [5.41, 5.74) is 10.00. The van der Waals surface area contributed by atoms with Gasteiger partial charge >= 0.3 is 0 Å². The normalized spacial score (nSPS) is 11.5. The molecule has 2 heteroatoms. The largest absolute Gasteiger partial charge is 0.456 e. The van der Waals surface area contributed by atoms with Crippen LogP contribution in [0, 0.1) is 0 Å². The Morgan fingerprint density at radius 1 is 0.304 bits per heavy atom. The molecule has 0 saturated heterocycles. The molecule has 0 unspecified atom stereocenters.